The fourth-order valence-electron chi connectivity index (χ4n) is 4.24. The van der Waals surface area contributed by atoms with Gasteiger partial charge in [0.25, 0.3) is 0 Å². The largest absolute Gasteiger partial charge is 0.352 e. The van der Waals surface area contributed by atoms with Gasteiger partial charge in [0.15, 0.2) is 0 Å². The predicted molar refractivity (Wildman–Crippen MR) is 140 cm³/mol. The summed E-state index contributed by atoms with van der Waals surface area (Å²) in [5.74, 6) is 0.785. The minimum absolute atomic E-state index is 0.00813. The van der Waals surface area contributed by atoms with Crippen molar-refractivity contribution in [2.75, 3.05) is 23.3 Å². The van der Waals surface area contributed by atoms with E-state index in [0.29, 0.717) is 26.1 Å². The van der Waals surface area contributed by atoms with Gasteiger partial charge in [-0.25, -0.2) is 0 Å². The summed E-state index contributed by atoms with van der Waals surface area (Å²) in [6.45, 7) is 1.93. The molecule has 34 heavy (non-hydrogen) atoms. The number of nitrogens with zero attached hydrogens (tertiary/aromatic N) is 2. The number of carbonyl (C=O) groups excluding carboxylic acids is 1. The number of fused-ring (bicyclic) bond motifs is 1. The molecular formula is C28H33N5O. The van der Waals surface area contributed by atoms with E-state index in [0.717, 1.165) is 47.7 Å². The van der Waals surface area contributed by atoms with Crippen molar-refractivity contribution in [1.29, 1.82) is 0 Å². The highest BCUT2D eigenvalue weighted by Gasteiger charge is 2.33. The molecule has 1 aliphatic heterocycles. The van der Waals surface area contributed by atoms with Gasteiger partial charge in [0, 0.05) is 24.5 Å². The molecule has 0 radical (unpaired) electrons. The van der Waals surface area contributed by atoms with E-state index in [4.69, 9.17) is 10.7 Å². The van der Waals surface area contributed by atoms with Crippen LogP contribution in [0.15, 0.2) is 89.9 Å². The third kappa shape index (κ3) is 6.02. The van der Waals surface area contributed by atoms with Gasteiger partial charge in [-0.1, -0.05) is 73.2 Å². The first kappa shape index (κ1) is 23.5. The Balaban J connectivity index is 1.60. The Labute approximate surface area is 201 Å². The molecule has 1 amide bonds. The third-order valence-electron chi connectivity index (χ3n) is 5.98. The number of unbranched alkanes of at least 4 members (excludes halogenated alkanes) is 2. The van der Waals surface area contributed by atoms with E-state index in [1.54, 1.807) is 0 Å². The molecule has 1 unspecified atom stereocenters. The molecule has 1 atom stereocenters. The normalized spacial score (nSPS) is 16.1. The van der Waals surface area contributed by atoms with Gasteiger partial charge in [-0.05, 0) is 48.7 Å². The monoisotopic (exact) mass is 455 g/mol. The molecule has 6 nitrogen and oxygen atoms in total. The number of nitrogens with two attached hydrogens (primary N) is 1. The lowest BCUT2D eigenvalue weighted by Gasteiger charge is -2.40. The van der Waals surface area contributed by atoms with Crippen molar-refractivity contribution in [3.05, 3.63) is 96.1 Å². The van der Waals surface area contributed by atoms with E-state index >= 15 is 0 Å². The Morgan fingerprint density at radius 2 is 1.62 bits per heavy atom. The molecule has 3 aromatic carbocycles. The van der Waals surface area contributed by atoms with Crippen LogP contribution >= 0.6 is 0 Å². The number of para-hydroxylation sites is 2. The zero-order chi connectivity index (χ0) is 23.6. The standard InChI is InChI=1S/C28H33N5O/c29-18-10-3-11-19-30-28-32-25-17-9-8-16-24(25)26(33(28)23-14-6-2-7-15-23)20-27(34)31-21-22-12-4-1-5-13-22/h1-2,4-9,12-17,26H,3,10-11,18-21,29H2,(H,30,32)(H,31,34). The fraction of sp³-hybridized carbons (Fsp3) is 0.286. The molecule has 0 saturated heterocycles. The molecule has 4 rings (SSSR count). The van der Waals surface area contributed by atoms with Gasteiger partial charge in [-0.15, -0.1) is 0 Å². The summed E-state index contributed by atoms with van der Waals surface area (Å²) in [6.07, 6.45) is 3.37. The molecule has 0 fully saturated rings. The maximum atomic E-state index is 13.1. The van der Waals surface area contributed by atoms with Crippen LogP contribution in [0.5, 0.6) is 0 Å². The van der Waals surface area contributed by atoms with Gasteiger partial charge in [0.1, 0.15) is 0 Å². The molecule has 0 spiro atoms. The molecule has 0 saturated carbocycles. The molecule has 0 aromatic heterocycles. The quantitative estimate of drug-likeness (QED) is 0.382. The topological polar surface area (TPSA) is 82.7 Å². The second-order valence-corrected chi connectivity index (χ2v) is 8.45. The number of aliphatic imine (C=N–C) groups is 1. The van der Waals surface area contributed by atoms with Crippen molar-refractivity contribution in [3.8, 4) is 0 Å². The fourth-order valence-corrected chi connectivity index (χ4v) is 4.24. The zero-order valence-electron chi connectivity index (χ0n) is 19.5. The van der Waals surface area contributed by atoms with E-state index in [1.165, 1.54) is 0 Å². The van der Waals surface area contributed by atoms with Gasteiger partial charge in [0.2, 0.25) is 11.9 Å². The molecule has 0 aliphatic carbocycles. The maximum Gasteiger partial charge on any atom is 0.222 e. The second-order valence-electron chi connectivity index (χ2n) is 8.45. The van der Waals surface area contributed by atoms with Gasteiger partial charge in [-0.2, -0.15) is 0 Å². The number of benzene rings is 3. The minimum atomic E-state index is -0.168. The first-order valence-electron chi connectivity index (χ1n) is 12.0. The number of rotatable bonds is 10. The highest BCUT2D eigenvalue weighted by Crippen LogP contribution is 2.38. The number of hydrogen-bond acceptors (Lipinski definition) is 3. The molecule has 1 aliphatic rings. The van der Waals surface area contributed by atoms with Crippen LogP contribution in [0.3, 0.4) is 0 Å². The van der Waals surface area contributed by atoms with Crippen molar-refractivity contribution in [3.63, 3.8) is 0 Å². The molecule has 176 valence electrons. The maximum absolute atomic E-state index is 13.1. The Morgan fingerprint density at radius 3 is 2.38 bits per heavy atom. The van der Waals surface area contributed by atoms with Crippen LogP contribution in [0, 0.1) is 0 Å². The van der Waals surface area contributed by atoms with E-state index in [1.807, 2.05) is 60.7 Å². The Kier molecular flexibility index (Phi) is 8.30. The second kappa shape index (κ2) is 12.0. The highest BCUT2D eigenvalue weighted by molar-refractivity contribution is 6.09. The minimum Gasteiger partial charge on any atom is -0.352 e. The van der Waals surface area contributed by atoms with Crippen LogP contribution in [0.2, 0.25) is 0 Å². The van der Waals surface area contributed by atoms with E-state index in [2.05, 4.69) is 39.8 Å². The smallest absolute Gasteiger partial charge is 0.222 e. The summed E-state index contributed by atoms with van der Waals surface area (Å²) in [5.41, 5.74) is 9.81. The van der Waals surface area contributed by atoms with Crippen LogP contribution in [-0.4, -0.2) is 25.0 Å². The van der Waals surface area contributed by atoms with Crippen LogP contribution in [-0.2, 0) is 11.3 Å². The molecule has 6 heteroatoms. The van der Waals surface area contributed by atoms with E-state index < -0.39 is 0 Å². The summed E-state index contributed by atoms with van der Waals surface area (Å²) in [6, 6.07) is 28.1. The lowest BCUT2D eigenvalue weighted by Crippen LogP contribution is -2.45. The number of hydrogen-bond donors (Lipinski definition) is 3. The van der Waals surface area contributed by atoms with Crippen molar-refractivity contribution in [2.24, 2.45) is 10.7 Å². The number of guanidine groups is 1. The van der Waals surface area contributed by atoms with Gasteiger partial charge in [-0.3, -0.25) is 9.79 Å². The predicted octanol–water partition coefficient (Wildman–Crippen LogP) is 4.85. The van der Waals surface area contributed by atoms with Crippen molar-refractivity contribution < 1.29 is 4.79 Å². The van der Waals surface area contributed by atoms with E-state index in [9.17, 15) is 4.79 Å². The molecule has 3 aromatic rings. The summed E-state index contributed by atoms with van der Waals surface area (Å²) < 4.78 is 0. The summed E-state index contributed by atoms with van der Waals surface area (Å²) in [7, 11) is 0. The Hall–Kier alpha value is -3.64. The summed E-state index contributed by atoms with van der Waals surface area (Å²) >= 11 is 0. The lowest BCUT2D eigenvalue weighted by atomic mass is 9.96. The molecule has 1 heterocycles. The van der Waals surface area contributed by atoms with Crippen LogP contribution in [0.25, 0.3) is 0 Å². The first-order valence-corrected chi connectivity index (χ1v) is 12.0. The number of anilines is 2. The average molecular weight is 456 g/mol. The SMILES string of the molecule is NCCCCCN=C1Nc2ccccc2C(CC(=O)NCc2ccccc2)N1c1ccccc1. The summed E-state index contributed by atoms with van der Waals surface area (Å²) in [5, 5.41) is 6.61. The molecule has 0 bridgehead atoms. The van der Waals surface area contributed by atoms with Crippen LogP contribution < -0.4 is 21.3 Å². The van der Waals surface area contributed by atoms with Crippen molar-refractivity contribution in [1.82, 2.24) is 5.32 Å². The molecule has 4 N–H and O–H groups in total. The molecular weight excluding hydrogens is 422 g/mol. The number of nitrogens with one attached hydrogen (secondary N) is 2. The zero-order valence-corrected chi connectivity index (χ0v) is 19.5. The highest BCUT2D eigenvalue weighted by atomic mass is 16.1. The van der Waals surface area contributed by atoms with Gasteiger partial charge in [0.05, 0.1) is 12.5 Å². The Bertz CT molecular complexity index is 1080. The lowest BCUT2D eigenvalue weighted by molar-refractivity contribution is -0.121. The van der Waals surface area contributed by atoms with Crippen molar-refractivity contribution >= 4 is 23.2 Å². The van der Waals surface area contributed by atoms with Crippen molar-refractivity contribution in [2.45, 2.75) is 38.3 Å². The Morgan fingerprint density at radius 1 is 0.912 bits per heavy atom. The number of amides is 1. The van der Waals surface area contributed by atoms with Gasteiger partial charge < -0.3 is 21.3 Å². The average Bonchev–Trinajstić information content (AvgIpc) is 2.88. The van der Waals surface area contributed by atoms with E-state index in [-0.39, 0.29) is 11.9 Å². The van der Waals surface area contributed by atoms with Gasteiger partial charge >= 0.3 is 0 Å². The number of carbonyl (C=O) groups is 1. The van der Waals surface area contributed by atoms with Crippen LogP contribution in [0.1, 0.15) is 42.9 Å². The summed E-state index contributed by atoms with van der Waals surface area (Å²) in [4.78, 5) is 20.2. The third-order valence-corrected chi connectivity index (χ3v) is 5.98. The van der Waals surface area contributed by atoms with Crippen LogP contribution in [0.4, 0.5) is 11.4 Å². The first-order chi connectivity index (χ1) is 16.8.